The largest absolute Gasteiger partial charge is 0.455 e. The van der Waals surface area contributed by atoms with Crippen molar-refractivity contribution < 1.29 is 4.42 Å². The molecular weight excluding hydrogens is 811 g/mol. The summed E-state index contributed by atoms with van der Waals surface area (Å²) in [5.41, 5.74) is 11.6. The van der Waals surface area contributed by atoms with Crippen LogP contribution in [0.1, 0.15) is 5.56 Å². The lowest BCUT2D eigenvalue weighted by Crippen LogP contribution is -2.06. The third-order valence-corrected chi connectivity index (χ3v) is 13.1. The summed E-state index contributed by atoms with van der Waals surface area (Å²) >= 11 is 0. The molecule has 0 amide bonds. The van der Waals surface area contributed by atoms with Gasteiger partial charge in [-0.05, 0) is 78.9 Å². The third-order valence-electron chi connectivity index (χ3n) is 13.1. The van der Waals surface area contributed by atoms with E-state index in [9.17, 15) is 5.26 Å². The molecule has 14 rings (SSSR count). The van der Waals surface area contributed by atoms with E-state index in [4.69, 9.17) is 19.4 Å². The van der Waals surface area contributed by atoms with Gasteiger partial charge in [-0.3, -0.25) is 4.57 Å². The van der Waals surface area contributed by atoms with E-state index in [2.05, 4.69) is 153 Å². The van der Waals surface area contributed by atoms with Crippen LogP contribution >= 0.6 is 0 Å². The Morgan fingerprint density at radius 2 is 0.970 bits per heavy atom. The molecule has 0 aliphatic rings. The highest BCUT2D eigenvalue weighted by atomic mass is 16.3. The van der Waals surface area contributed by atoms with E-state index in [1.807, 2.05) is 66.7 Å². The molecule has 306 valence electrons. The van der Waals surface area contributed by atoms with E-state index in [-0.39, 0.29) is 0 Å². The zero-order valence-corrected chi connectivity index (χ0v) is 35.1. The Kier molecular flexibility index (Phi) is 7.59. The van der Waals surface area contributed by atoms with Crippen molar-refractivity contribution in [2.75, 3.05) is 0 Å². The summed E-state index contributed by atoms with van der Waals surface area (Å²) in [5, 5.41) is 19.7. The summed E-state index contributed by atoms with van der Waals surface area (Å²) in [5.74, 6) is 1.50. The quantitative estimate of drug-likeness (QED) is 0.172. The third kappa shape index (κ3) is 5.11. The Hall–Kier alpha value is -9.32. The number of nitrogens with zero attached hydrogens (tertiary/aromatic N) is 7. The molecule has 0 radical (unpaired) electrons. The first-order valence-corrected chi connectivity index (χ1v) is 21.9. The van der Waals surface area contributed by atoms with Crippen molar-refractivity contribution in [1.29, 1.82) is 5.26 Å². The Morgan fingerprint density at radius 3 is 1.65 bits per heavy atom. The van der Waals surface area contributed by atoms with Crippen LogP contribution in [-0.2, 0) is 0 Å². The molecular formula is C58H33N7O. The minimum atomic E-state index is 0.466. The Morgan fingerprint density at radius 1 is 0.409 bits per heavy atom. The maximum absolute atomic E-state index is 11.1. The lowest BCUT2D eigenvalue weighted by Gasteiger charge is -2.13. The van der Waals surface area contributed by atoms with Crippen LogP contribution in [0.5, 0.6) is 0 Å². The summed E-state index contributed by atoms with van der Waals surface area (Å²) in [6.45, 7) is 0. The van der Waals surface area contributed by atoms with Crippen LogP contribution in [-0.4, -0.2) is 28.7 Å². The van der Waals surface area contributed by atoms with Gasteiger partial charge in [0.15, 0.2) is 11.6 Å². The highest BCUT2D eigenvalue weighted by Gasteiger charge is 2.25. The lowest BCUT2D eigenvalue weighted by molar-refractivity contribution is 0.673. The fraction of sp³-hybridized carbons (Fsp3) is 0. The van der Waals surface area contributed by atoms with Gasteiger partial charge < -0.3 is 13.6 Å². The van der Waals surface area contributed by atoms with Crippen LogP contribution in [0.15, 0.2) is 205 Å². The van der Waals surface area contributed by atoms with E-state index < -0.39 is 0 Å². The van der Waals surface area contributed by atoms with Crippen LogP contribution in [0.25, 0.3) is 127 Å². The van der Waals surface area contributed by atoms with Crippen molar-refractivity contribution in [2.24, 2.45) is 0 Å². The molecule has 0 N–H and O–H groups in total. The molecule has 0 unspecified atom stereocenters. The highest BCUT2D eigenvalue weighted by Crippen LogP contribution is 2.45. The van der Waals surface area contributed by atoms with E-state index in [0.29, 0.717) is 28.7 Å². The van der Waals surface area contributed by atoms with Crippen molar-refractivity contribution in [1.82, 2.24) is 28.7 Å². The molecule has 9 aromatic carbocycles. The van der Waals surface area contributed by atoms with E-state index in [0.717, 1.165) is 104 Å². The molecule has 8 nitrogen and oxygen atoms in total. The maximum atomic E-state index is 11.1. The molecule has 14 aromatic rings. The Balaban J connectivity index is 1.01. The number of rotatable bonds is 5. The molecule has 66 heavy (non-hydrogen) atoms. The minimum absolute atomic E-state index is 0.466. The Labute approximate surface area is 376 Å². The van der Waals surface area contributed by atoms with E-state index in [1.165, 1.54) is 0 Å². The normalized spacial score (nSPS) is 11.9. The summed E-state index contributed by atoms with van der Waals surface area (Å²) in [4.78, 5) is 15.4. The van der Waals surface area contributed by atoms with Gasteiger partial charge in [-0.15, -0.1) is 0 Å². The van der Waals surface area contributed by atoms with Gasteiger partial charge in [-0.2, -0.15) is 15.2 Å². The number of para-hydroxylation sites is 5. The van der Waals surface area contributed by atoms with Crippen molar-refractivity contribution >= 4 is 87.4 Å². The standard InChI is InChI=1S/C58H33N7O/c59-34-37-33-36(57-60-56(35-15-3-1-4-16-35)61-58(62-57)65-47-24-12-7-19-39(47)40-20-8-13-25-48(40)65)27-30-45(37)64-46-23-11-9-21-41(46)42-29-32-51-53(54(42)64)44-28-31-50-52(55(44)66-51)43-22-10-14-26-49(43)63(50)38-17-5-2-6-18-38/h1-33H. The highest BCUT2D eigenvalue weighted by molar-refractivity contribution is 6.30. The van der Waals surface area contributed by atoms with Crippen molar-refractivity contribution in [3.05, 3.63) is 206 Å². The number of hydrogen-bond acceptors (Lipinski definition) is 5. The molecule has 0 fully saturated rings. The van der Waals surface area contributed by atoms with Gasteiger partial charge in [0.05, 0.1) is 55.1 Å². The SMILES string of the molecule is N#Cc1cc(-c2nc(-c3ccccc3)nc(-n3c4ccccc4c4ccccc43)n2)ccc1-n1c2ccccc2c2ccc3oc4c(ccc5c4c4ccccc4n5-c4ccccc4)c3c21. The molecule has 0 spiro atoms. The van der Waals surface area contributed by atoms with E-state index >= 15 is 0 Å². The van der Waals surface area contributed by atoms with Gasteiger partial charge in [-0.25, -0.2) is 4.98 Å². The summed E-state index contributed by atoms with van der Waals surface area (Å²) < 4.78 is 13.6. The molecule has 0 saturated carbocycles. The fourth-order valence-electron chi connectivity index (χ4n) is 10.3. The fourth-order valence-corrected chi connectivity index (χ4v) is 10.3. The van der Waals surface area contributed by atoms with Gasteiger partial charge >= 0.3 is 0 Å². The number of hydrogen-bond donors (Lipinski definition) is 0. The van der Waals surface area contributed by atoms with Crippen LogP contribution in [0, 0.1) is 11.3 Å². The lowest BCUT2D eigenvalue weighted by atomic mass is 10.0. The van der Waals surface area contributed by atoms with Gasteiger partial charge in [0.1, 0.15) is 17.2 Å². The van der Waals surface area contributed by atoms with E-state index in [1.54, 1.807) is 0 Å². The molecule has 0 saturated heterocycles. The number of benzene rings is 9. The second kappa shape index (κ2) is 13.8. The monoisotopic (exact) mass is 843 g/mol. The molecule has 5 heterocycles. The van der Waals surface area contributed by atoms with Crippen LogP contribution < -0.4 is 0 Å². The number of fused-ring (bicyclic) bond motifs is 14. The zero-order valence-electron chi connectivity index (χ0n) is 35.1. The van der Waals surface area contributed by atoms with Crippen LogP contribution in [0.2, 0.25) is 0 Å². The second-order valence-electron chi connectivity index (χ2n) is 16.7. The molecule has 8 heteroatoms. The van der Waals surface area contributed by atoms with Gasteiger partial charge in [-0.1, -0.05) is 121 Å². The van der Waals surface area contributed by atoms with Crippen molar-refractivity contribution in [3.8, 4) is 46.2 Å². The topological polar surface area (TPSA) is 90.4 Å². The van der Waals surface area contributed by atoms with Crippen molar-refractivity contribution in [2.45, 2.75) is 0 Å². The molecule has 0 bridgehead atoms. The number of aromatic nitrogens is 6. The predicted octanol–water partition coefficient (Wildman–Crippen LogP) is 14.3. The summed E-state index contributed by atoms with van der Waals surface area (Å²) in [6.07, 6.45) is 0. The first kappa shape index (κ1) is 36.2. The zero-order chi connectivity index (χ0) is 43.5. The van der Waals surface area contributed by atoms with Gasteiger partial charge in [0, 0.05) is 49.1 Å². The Bertz CT molecular complexity index is 4310. The minimum Gasteiger partial charge on any atom is -0.455 e. The average molecular weight is 844 g/mol. The van der Waals surface area contributed by atoms with Crippen LogP contribution in [0.4, 0.5) is 0 Å². The predicted molar refractivity (Wildman–Crippen MR) is 266 cm³/mol. The average Bonchev–Trinajstić information content (AvgIpc) is 4.13. The van der Waals surface area contributed by atoms with Crippen LogP contribution in [0.3, 0.4) is 0 Å². The van der Waals surface area contributed by atoms with Crippen molar-refractivity contribution in [3.63, 3.8) is 0 Å². The smallest absolute Gasteiger partial charge is 0.238 e. The van der Waals surface area contributed by atoms with Gasteiger partial charge in [0.2, 0.25) is 5.95 Å². The number of furan rings is 1. The van der Waals surface area contributed by atoms with Gasteiger partial charge in [0.25, 0.3) is 0 Å². The molecule has 5 aromatic heterocycles. The number of nitriles is 1. The molecule has 0 aliphatic carbocycles. The second-order valence-corrected chi connectivity index (χ2v) is 16.7. The molecule has 0 atom stereocenters. The molecule has 0 aliphatic heterocycles. The first-order chi connectivity index (χ1) is 32.7. The summed E-state index contributed by atoms with van der Waals surface area (Å²) in [6, 6.07) is 71.2. The first-order valence-electron chi connectivity index (χ1n) is 21.9. The maximum Gasteiger partial charge on any atom is 0.238 e. The summed E-state index contributed by atoms with van der Waals surface area (Å²) in [7, 11) is 0.